The van der Waals surface area contributed by atoms with Crippen molar-refractivity contribution in [3.8, 4) is 16.2 Å². The number of carbonyl (C=O) groups excluding carboxylic acids is 5. The van der Waals surface area contributed by atoms with Crippen LogP contribution in [0.4, 0.5) is 18.9 Å². The molecule has 404 valence electrons. The van der Waals surface area contributed by atoms with Gasteiger partial charge in [0.25, 0.3) is 17.7 Å². The number of amides is 5. The summed E-state index contributed by atoms with van der Waals surface area (Å²) in [5.74, 6) is -5.32. The molecule has 6 atom stereocenters. The number of alkyl halides is 3. The molecule has 5 N–H and O–H groups in total. The van der Waals surface area contributed by atoms with Crippen molar-refractivity contribution >= 4 is 46.6 Å². The number of ether oxygens (including phenoxy) is 1. The van der Waals surface area contributed by atoms with Crippen molar-refractivity contribution in [2.45, 2.75) is 135 Å². The van der Waals surface area contributed by atoms with Crippen molar-refractivity contribution in [3.05, 3.63) is 100 Å². The smallest absolute Gasteiger partial charge is 0.276 e. The van der Waals surface area contributed by atoms with Crippen molar-refractivity contribution in [1.82, 2.24) is 45.4 Å². The van der Waals surface area contributed by atoms with Gasteiger partial charge in [-0.3, -0.25) is 33.8 Å². The number of anilines is 1. The molecule has 0 spiro atoms. The number of aryl methyl sites for hydroxylation is 1. The Morgan fingerprint density at radius 1 is 1.01 bits per heavy atom. The van der Waals surface area contributed by atoms with E-state index in [0.29, 0.717) is 67.2 Å². The Kier molecular flexibility index (Phi) is 14.2. The number of benzene rings is 2. The van der Waals surface area contributed by atoms with Gasteiger partial charge in [-0.25, -0.2) is 18.2 Å². The average molecular weight is 1070 g/mol. The number of unbranched alkanes of at least 4 members (excludes halogenated alkanes) is 2. The van der Waals surface area contributed by atoms with Crippen LogP contribution < -0.4 is 20.7 Å². The molecule has 5 aliphatic rings. The summed E-state index contributed by atoms with van der Waals surface area (Å²) >= 11 is 1.50. The predicted octanol–water partition coefficient (Wildman–Crippen LogP) is 6.96. The Hall–Kier alpha value is -6.61. The molecule has 5 heterocycles. The Morgan fingerprint density at radius 3 is 2.49 bits per heavy atom. The first-order chi connectivity index (χ1) is 36.1. The molecule has 21 heteroatoms. The van der Waals surface area contributed by atoms with Gasteiger partial charge in [-0.1, -0.05) is 70.2 Å². The van der Waals surface area contributed by atoms with E-state index in [1.807, 2.05) is 60.4 Å². The van der Waals surface area contributed by atoms with Gasteiger partial charge in [-0.05, 0) is 68.1 Å². The molecule has 2 unspecified atom stereocenters. The monoisotopic (exact) mass is 1070 g/mol. The minimum Gasteiger partial charge on any atom is -0.493 e. The number of aromatic nitrogens is 5. The number of fused-ring (bicyclic) bond motifs is 2. The number of carbonyl (C=O) groups is 5. The predicted molar refractivity (Wildman–Crippen MR) is 276 cm³/mol. The van der Waals surface area contributed by atoms with Crippen LogP contribution in [-0.2, 0) is 38.6 Å². The van der Waals surface area contributed by atoms with Gasteiger partial charge in [0.05, 0.1) is 46.7 Å². The zero-order chi connectivity index (χ0) is 53.9. The van der Waals surface area contributed by atoms with Crippen LogP contribution in [0.5, 0.6) is 5.75 Å². The zero-order valence-electron chi connectivity index (χ0n) is 43.3. The summed E-state index contributed by atoms with van der Waals surface area (Å²) in [6, 6.07) is 13.2. The summed E-state index contributed by atoms with van der Waals surface area (Å²) in [7, 11) is 0. The lowest BCUT2D eigenvalue weighted by Crippen LogP contribution is -2.59. The number of halogens is 3. The van der Waals surface area contributed by atoms with Crippen molar-refractivity contribution < 1.29 is 47.0 Å². The van der Waals surface area contributed by atoms with E-state index < -0.39 is 70.2 Å². The highest BCUT2D eigenvalue weighted by molar-refractivity contribution is 7.13. The maximum absolute atomic E-state index is 14.7. The molecular formula is C55H65F3N10O7S. The highest BCUT2D eigenvalue weighted by Gasteiger charge is 2.78. The molecule has 0 radical (unpaired) electrons. The van der Waals surface area contributed by atoms with Crippen molar-refractivity contribution in [2.24, 2.45) is 22.7 Å². The zero-order valence-corrected chi connectivity index (χ0v) is 44.2. The molecular weight excluding hydrogens is 1000 g/mol. The molecule has 5 aromatic rings. The number of nitrogens with one attached hydrogen (secondary N) is 4. The van der Waals surface area contributed by atoms with Gasteiger partial charge in [0.1, 0.15) is 17.8 Å². The maximum Gasteiger partial charge on any atom is 0.276 e. The number of thiazole rings is 1. The van der Waals surface area contributed by atoms with E-state index in [-0.39, 0.29) is 68.8 Å². The first kappa shape index (κ1) is 52.8. The standard InChI is InChI=1S/C55H65F3N10O7S/c1-31-46(76-30-60-31)33-15-16-34(24-59-48(71)40-21-37(69)29-67(40)50(73)47(52(2,3)4)63-51(74)54(56)17-18-54)41(20-33)75-19-11-7-10-14-43(70)66-26-35(27-66)45(32-12-8-6-9-13-32)68-28-36(25-61-68)62-49(72)44-38-22-42-53(5,55(42,57)58)23-39(38)64-65-44/h6,8-9,12-13,15-16,20,25,28,30,35,37,40,42,45,47,69H,7,10-11,14,17-19,21-24,26-27,29H2,1-5H3,(H,59,71)(H,62,72)(H,63,74)(H,64,65)/t37-,40+,42+,45?,47?,53-/m1/s1. The number of H-pyrrole nitrogens is 1. The number of hydrogen-bond acceptors (Lipinski definition) is 11. The summed E-state index contributed by atoms with van der Waals surface area (Å²) in [6.45, 7) is 10.1. The largest absolute Gasteiger partial charge is 0.493 e. The number of aliphatic hydroxyl groups excluding tert-OH is 1. The molecule has 2 saturated heterocycles. The fourth-order valence-electron chi connectivity index (χ4n) is 11.2. The normalized spacial score (nSPS) is 22.9. The molecule has 2 saturated carbocycles. The second-order valence-corrected chi connectivity index (χ2v) is 23.5. The van der Waals surface area contributed by atoms with Crippen LogP contribution in [-0.4, -0.2) is 125 Å². The van der Waals surface area contributed by atoms with Crippen LogP contribution >= 0.6 is 11.3 Å². The third-order valence-electron chi connectivity index (χ3n) is 16.2. The van der Waals surface area contributed by atoms with Gasteiger partial charge in [0.2, 0.25) is 17.7 Å². The molecule has 10 rings (SSSR count). The number of β-amino-alcohol motifs (C(OH)–C–C–N with tert-alkyl or cyclic N) is 1. The van der Waals surface area contributed by atoms with Crippen LogP contribution in [0.2, 0.25) is 0 Å². The summed E-state index contributed by atoms with van der Waals surface area (Å²) in [6.07, 6.45) is 5.14. The van der Waals surface area contributed by atoms with E-state index in [2.05, 4.69) is 36.2 Å². The van der Waals surface area contributed by atoms with Crippen LogP contribution in [0.15, 0.2) is 66.4 Å². The average Bonchev–Trinajstić information content (AvgIpc) is 4.00. The quantitative estimate of drug-likeness (QED) is 0.0536. The van der Waals surface area contributed by atoms with Gasteiger partial charge in [0.15, 0.2) is 11.4 Å². The number of hydrogen-bond donors (Lipinski definition) is 5. The lowest BCUT2D eigenvalue weighted by atomic mass is 9.85. The molecule has 76 heavy (non-hydrogen) atoms. The Labute approximate surface area is 442 Å². The molecule has 2 aliphatic heterocycles. The van der Waals surface area contributed by atoms with E-state index >= 15 is 0 Å². The lowest BCUT2D eigenvalue weighted by molar-refractivity contribution is -0.145. The fraction of sp³-hybridized carbons (Fsp3) is 0.527. The van der Waals surface area contributed by atoms with Crippen molar-refractivity contribution in [2.75, 3.05) is 31.6 Å². The molecule has 17 nitrogen and oxygen atoms in total. The van der Waals surface area contributed by atoms with Gasteiger partial charge < -0.3 is 35.6 Å². The van der Waals surface area contributed by atoms with Crippen LogP contribution in [0.3, 0.4) is 0 Å². The lowest BCUT2D eigenvalue weighted by Gasteiger charge is -2.43. The Bertz CT molecular complexity index is 3020. The van der Waals surface area contributed by atoms with E-state index in [1.165, 1.54) is 16.2 Å². The van der Waals surface area contributed by atoms with E-state index in [1.54, 1.807) is 50.3 Å². The number of nitrogens with zero attached hydrogens (tertiary/aromatic N) is 6. The topological polar surface area (TPSA) is 217 Å². The van der Waals surface area contributed by atoms with Crippen molar-refractivity contribution in [1.29, 1.82) is 0 Å². The number of aromatic amines is 1. The number of likely N-dealkylation sites (tertiary alicyclic amines) is 2. The molecule has 5 amide bonds. The summed E-state index contributed by atoms with van der Waals surface area (Å²) in [5, 5.41) is 30.7. The fourth-order valence-corrected chi connectivity index (χ4v) is 12.0. The van der Waals surface area contributed by atoms with Gasteiger partial charge in [-0.15, -0.1) is 11.3 Å². The minimum atomic E-state index is -2.77. The maximum atomic E-state index is 14.7. The molecule has 4 fully saturated rings. The van der Waals surface area contributed by atoms with Crippen LogP contribution in [0.25, 0.3) is 10.4 Å². The minimum absolute atomic E-state index is 0.000576. The molecule has 2 aromatic carbocycles. The molecule has 3 aliphatic carbocycles. The highest BCUT2D eigenvalue weighted by Crippen LogP contribution is 2.70. The third kappa shape index (κ3) is 10.4. The van der Waals surface area contributed by atoms with Gasteiger partial charge >= 0.3 is 0 Å². The van der Waals surface area contributed by atoms with Crippen LogP contribution in [0.1, 0.15) is 117 Å². The summed E-state index contributed by atoms with van der Waals surface area (Å²) < 4.78 is 52.0. The summed E-state index contributed by atoms with van der Waals surface area (Å²) in [4.78, 5) is 76.0. The van der Waals surface area contributed by atoms with E-state index in [9.17, 15) is 42.3 Å². The molecule has 0 bridgehead atoms. The van der Waals surface area contributed by atoms with Gasteiger partial charge in [-0.2, -0.15) is 10.2 Å². The van der Waals surface area contributed by atoms with E-state index in [4.69, 9.17) is 4.74 Å². The van der Waals surface area contributed by atoms with E-state index in [0.717, 1.165) is 28.1 Å². The van der Waals surface area contributed by atoms with Crippen LogP contribution in [0, 0.1) is 29.6 Å². The Balaban J connectivity index is 0.714. The number of aliphatic hydroxyl groups is 1. The molecule has 3 aromatic heterocycles. The number of rotatable bonds is 19. The first-order valence-corrected chi connectivity index (χ1v) is 27.1. The first-order valence-electron chi connectivity index (χ1n) is 26.2. The summed E-state index contributed by atoms with van der Waals surface area (Å²) in [5.41, 5.74) is 2.99. The SMILES string of the molecule is Cc1ncsc1-c1ccc(CNC(=O)[C@@H]2C[C@@H](O)CN2C(=O)C(NC(=O)C2(F)CC2)C(C)(C)C)c(OCCCCCC(=O)N2CC(C(c3ccccc3)n3cc(NC(=O)c4n[nH]c5c4C[C@@H]4C(F)(F)[C@]4(C)C5)cn3)C2)c1. The van der Waals surface area contributed by atoms with Crippen molar-refractivity contribution in [3.63, 3.8) is 0 Å². The second-order valence-electron chi connectivity index (χ2n) is 22.7. The Morgan fingerprint density at radius 2 is 1.78 bits per heavy atom. The second kappa shape index (κ2) is 20.4. The highest BCUT2D eigenvalue weighted by atomic mass is 32.1. The van der Waals surface area contributed by atoms with Gasteiger partial charge in [0, 0.05) is 85.7 Å². The third-order valence-corrected chi connectivity index (χ3v) is 17.1.